The van der Waals surface area contributed by atoms with Crippen molar-refractivity contribution in [2.24, 2.45) is 0 Å². The highest BCUT2D eigenvalue weighted by Crippen LogP contribution is 2.34. The van der Waals surface area contributed by atoms with Gasteiger partial charge < -0.3 is 25.0 Å². The van der Waals surface area contributed by atoms with Crippen LogP contribution >= 0.6 is 23.6 Å². The van der Waals surface area contributed by atoms with Gasteiger partial charge in [0.05, 0.1) is 24.7 Å². The Labute approximate surface area is 180 Å². The van der Waals surface area contributed by atoms with Crippen LogP contribution in [0.1, 0.15) is 39.4 Å². The van der Waals surface area contributed by atoms with Crippen LogP contribution in [0.4, 0.5) is 10.7 Å². The van der Waals surface area contributed by atoms with Crippen LogP contribution in [0, 0.1) is 6.92 Å². The predicted molar refractivity (Wildman–Crippen MR) is 120 cm³/mol. The third kappa shape index (κ3) is 5.24. The van der Waals surface area contributed by atoms with E-state index in [1.54, 1.807) is 31.1 Å². The van der Waals surface area contributed by atoms with Gasteiger partial charge in [-0.2, -0.15) is 0 Å². The number of methoxy groups -OCH3 is 2. The van der Waals surface area contributed by atoms with E-state index in [4.69, 9.17) is 21.7 Å². The molecule has 0 saturated carbocycles. The van der Waals surface area contributed by atoms with Gasteiger partial charge in [0.2, 0.25) is 0 Å². The second-order valence-electron chi connectivity index (χ2n) is 6.04. The van der Waals surface area contributed by atoms with Gasteiger partial charge >= 0.3 is 5.97 Å². The van der Waals surface area contributed by atoms with Gasteiger partial charge in [-0.05, 0) is 62.8 Å². The van der Waals surface area contributed by atoms with Crippen molar-refractivity contribution in [2.45, 2.75) is 20.8 Å². The Balaban J connectivity index is 2.29. The van der Waals surface area contributed by atoms with Gasteiger partial charge in [-0.3, -0.25) is 4.79 Å². The summed E-state index contributed by atoms with van der Waals surface area (Å²) in [5.74, 6) is 0.0904. The third-order valence-corrected chi connectivity index (χ3v) is 5.76. The summed E-state index contributed by atoms with van der Waals surface area (Å²) < 4.78 is 10.1. The van der Waals surface area contributed by atoms with Gasteiger partial charge in [-0.15, -0.1) is 11.3 Å². The molecular weight excluding hydrogens is 410 g/mol. The molecule has 0 saturated heterocycles. The monoisotopic (exact) mass is 435 g/mol. The van der Waals surface area contributed by atoms with E-state index in [9.17, 15) is 9.59 Å². The first-order chi connectivity index (χ1) is 13.9. The average Bonchev–Trinajstić information content (AvgIpc) is 3.04. The smallest absolute Gasteiger partial charge is 0.341 e. The normalized spacial score (nSPS) is 10.2. The number of esters is 1. The molecule has 0 radical (unpaired) electrons. The number of anilines is 2. The minimum atomic E-state index is -0.521. The fourth-order valence-electron chi connectivity index (χ4n) is 2.75. The Morgan fingerprint density at radius 3 is 2.24 bits per heavy atom. The number of nitrogens with one attached hydrogen (secondary N) is 2. The number of carbonyl (C=O) groups excluding carboxylic acids is 2. The zero-order chi connectivity index (χ0) is 21.6. The van der Waals surface area contributed by atoms with Crippen molar-refractivity contribution in [1.82, 2.24) is 4.90 Å². The van der Waals surface area contributed by atoms with E-state index >= 15 is 0 Å². The molecule has 1 aromatic carbocycles. The van der Waals surface area contributed by atoms with E-state index in [-0.39, 0.29) is 5.91 Å². The lowest BCUT2D eigenvalue weighted by Gasteiger charge is -2.17. The molecule has 0 aliphatic heterocycles. The number of hydrogen-bond acceptors (Lipinski definition) is 6. The molecule has 29 heavy (non-hydrogen) atoms. The average molecular weight is 436 g/mol. The molecular formula is C20H25N3O4S2. The first-order valence-electron chi connectivity index (χ1n) is 9.09. The first-order valence-corrected chi connectivity index (χ1v) is 10.3. The molecule has 7 nitrogen and oxygen atoms in total. The molecule has 0 unspecified atom stereocenters. The Hall–Kier alpha value is -2.65. The van der Waals surface area contributed by atoms with Crippen molar-refractivity contribution in [3.8, 4) is 5.75 Å². The Bertz CT molecular complexity index is 890. The molecule has 2 aromatic rings. The fraction of sp³-hybridized carbons (Fsp3) is 0.350. The highest BCUT2D eigenvalue weighted by Gasteiger charge is 2.27. The molecule has 0 bridgehead atoms. The number of benzene rings is 1. The van der Waals surface area contributed by atoms with E-state index in [0.29, 0.717) is 39.2 Å². The molecule has 9 heteroatoms. The van der Waals surface area contributed by atoms with Crippen molar-refractivity contribution in [1.29, 1.82) is 0 Å². The van der Waals surface area contributed by atoms with Gasteiger partial charge in [0, 0.05) is 18.8 Å². The van der Waals surface area contributed by atoms with E-state index < -0.39 is 5.97 Å². The maximum atomic E-state index is 12.8. The molecule has 1 heterocycles. The van der Waals surface area contributed by atoms with Crippen LogP contribution < -0.4 is 15.4 Å². The maximum absolute atomic E-state index is 12.8. The van der Waals surface area contributed by atoms with Gasteiger partial charge in [-0.25, -0.2) is 4.79 Å². The molecule has 0 fully saturated rings. The molecule has 2 N–H and O–H groups in total. The molecule has 0 aliphatic carbocycles. The molecule has 2 rings (SSSR count). The third-order valence-electron chi connectivity index (χ3n) is 4.36. The summed E-state index contributed by atoms with van der Waals surface area (Å²) in [6.45, 7) is 6.74. The SMILES string of the molecule is CCN(CC)C(=O)c1sc(NC(=S)Nc2ccc(OC)cc2)c(C(=O)OC)c1C. The molecule has 1 aromatic heterocycles. The van der Waals surface area contributed by atoms with Gasteiger partial charge in [0.15, 0.2) is 5.11 Å². The Morgan fingerprint density at radius 2 is 1.72 bits per heavy atom. The standard InChI is InChI=1S/C20H25N3O4S2/c1-6-23(7-2)18(24)16-12(3)15(19(25)27-5)17(29-16)22-20(28)21-13-8-10-14(26-4)11-9-13/h8-11H,6-7H2,1-5H3,(H2,21,22,28). The van der Waals surface area contributed by atoms with E-state index in [0.717, 1.165) is 11.4 Å². The van der Waals surface area contributed by atoms with E-state index in [1.807, 2.05) is 26.0 Å². The van der Waals surface area contributed by atoms with Crippen LogP contribution in [0.3, 0.4) is 0 Å². The lowest BCUT2D eigenvalue weighted by Crippen LogP contribution is -2.30. The van der Waals surface area contributed by atoms with Crippen LogP contribution in [0.15, 0.2) is 24.3 Å². The Kier molecular flexibility index (Phi) is 7.98. The zero-order valence-electron chi connectivity index (χ0n) is 17.1. The number of thiocarbonyl (C=S) groups is 1. The van der Waals surface area contributed by atoms with E-state index in [2.05, 4.69) is 10.6 Å². The van der Waals surface area contributed by atoms with Crippen molar-refractivity contribution < 1.29 is 19.1 Å². The quantitative estimate of drug-likeness (QED) is 0.500. The summed E-state index contributed by atoms with van der Waals surface area (Å²) in [7, 11) is 2.90. The topological polar surface area (TPSA) is 79.9 Å². The zero-order valence-corrected chi connectivity index (χ0v) is 18.8. The van der Waals surface area contributed by atoms with Gasteiger partial charge in [0.1, 0.15) is 10.8 Å². The number of thiophene rings is 1. The summed E-state index contributed by atoms with van der Waals surface area (Å²) >= 11 is 6.57. The molecule has 0 spiro atoms. The number of ether oxygens (including phenoxy) is 2. The first kappa shape index (κ1) is 22.6. The summed E-state index contributed by atoms with van der Waals surface area (Å²) in [4.78, 5) is 27.4. The van der Waals surface area contributed by atoms with Crippen molar-refractivity contribution in [3.05, 3.63) is 40.3 Å². The molecule has 0 atom stereocenters. The minimum absolute atomic E-state index is 0.121. The lowest BCUT2D eigenvalue weighted by molar-refractivity contribution is 0.0601. The van der Waals surface area contributed by atoms with Crippen LogP contribution in [-0.2, 0) is 4.74 Å². The number of amides is 1. The van der Waals surface area contributed by atoms with E-state index in [1.165, 1.54) is 18.4 Å². The summed E-state index contributed by atoms with van der Waals surface area (Å²) in [5, 5.41) is 6.85. The van der Waals surface area contributed by atoms with Crippen LogP contribution in [-0.4, -0.2) is 49.2 Å². The lowest BCUT2D eigenvalue weighted by atomic mass is 10.1. The minimum Gasteiger partial charge on any atom is -0.497 e. The molecule has 1 amide bonds. The van der Waals surface area contributed by atoms with Crippen molar-refractivity contribution >= 4 is 51.2 Å². The van der Waals surface area contributed by atoms with Crippen molar-refractivity contribution in [2.75, 3.05) is 37.9 Å². The highest BCUT2D eigenvalue weighted by molar-refractivity contribution is 7.80. The maximum Gasteiger partial charge on any atom is 0.341 e. The summed E-state index contributed by atoms with van der Waals surface area (Å²) in [6, 6.07) is 7.26. The summed E-state index contributed by atoms with van der Waals surface area (Å²) in [6.07, 6.45) is 0. The van der Waals surface area contributed by atoms with Gasteiger partial charge in [-0.1, -0.05) is 0 Å². The summed E-state index contributed by atoms with van der Waals surface area (Å²) in [5.41, 5.74) is 1.65. The number of nitrogens with zero attached hydrogens (tertiary/aromatic N) is 1. The Morgan fingerprint density at radius 1 is 1.10 bits per heavy atom. The van der Waals surface area contributed by atoms with Crippen LogP contribution in [0.25, 0.3) is 0 Å². The molecule has 156 valence electrons. The van der Waals surface area contributed by atoms with Gasteiger partial charge in [0.25, 0.3) is 5.91 Å². The highest BCUT2D eigenvalue weighted by atomic mass is 32.1. The van der Waals surface area contributed by atoms with Crippen LogP contribution in [0.2, 0.25) is 0 Å². The fourth-order valence-corrected chi connectivity index (χ4v) is 4.20. The number of carbonyl (C=O) groups is 2. The molecule has 0 aliphatic rings. The van der Waals surface area contributed by atoms with Crippen LogP contribution in [0.5, 0.6) is 5.75 Å². The van der Waals surface area contributed by atoms with Crippen molar-refractivity contribution in [3.63, 3.8) is 0 Å². The largest absolute Gasteiger partial charge is 0.497 e. The predicted octanol–water partition coefficient (Wildman–Crippen LogP) is 4.14. The second kappa shape index (κ2) is 10.2. The number of hydrogen-bond donors (Lipinski definition) is 2. The second-order valence-corrected chi connectivity index (χ2v) is 7.47. The number of rotatable bonds is 7.